The zero-order chi connectivity index (χ0) is 23.5. The van der Waals surface area contributed by atoms with Crippen LogP contribution in [0, 0.1) is 5.41 Å². The van der Waals surface area contributed by atoms with Crippen molar-refractivity contribution in [3.8, 4) is 0 Å². The number of carbonyl (C=O) groups excluding carboxylic acids is 3. The molecule has 0 radical (unpaired) electrons. The van der Waals surface area contributed by atoms with E-state index in [9.17, 15) is 14.4 Å². The fourth-order valence-electron chi connectivity index (χ4n) is 3.90. The van der Waals surface area contributed by atoms with E-state index in [4.69, 9.17) is 27.5 Å². The van der Waals surface area contributed by atoms with E-state index in [1.807, 2.05) is 0 Å². The Kier molecular flexibility index (Phi) is 6.43. The fraction of sp³-hybridized carbons (Fsp3) is 0.217. The Balaban J connectivity index is 1.63. The minimum absolute atomic E-state index is 0.219. The van der Waals surface area contributed by atoms with Gasteiger partial charge in [-0.15, -0.1) is 0 Å². The summed E-state index contributed by atoms with van der Waals surface area (Å²) in [5, 5.41) is 10.2. The van der Waals surface area contributed by atoms with Crippen LogP contribution in [0.5, 0.6) is 0 Å². The summed E-state index contributed by atoms with van der Waals surface area (Å²) in [5.41, 5.74) is 7.47. The number of primary amides is 1. The van der Waals surface area contributed by atoms with Crippen LogP contribution in [0.2, 0.25) is 5.02 Å². The number of nitrogens with zero attached hydrogens (tertiary/aromatic N) is 2. The summed E-state index contributed by atoms with van der Waals surface area (Å²) < 4.78 is 5.09. The Morgan fingerprint density at radius 2 is 1.76 bits per heavy atom. The lowest BCUT2D eigenvalue weighted by atomic mass is 9.98. The molecule has 10 heteroatoms. The highest BCUT2D eigenvalue weighted by Crippen LogP contribution is 2.27. The van der Waals surface area contributed by atoms with E-state index in [0.717, 1.165) is 6.42 Å². The summed E-state index contributed by atoms with van der Waals surface area (Å²) in [7, 11) is 0. The summed E-state index contributed by atoms with van der Waals surface area (Å²) in [4.78, 5) is 40.3. The Morgan fingerprint density at radius 1 is 1.06 bits per heavy atom. The molecule has 9 nitrogen and oxygen atoms in total. The van der Waals surface area contributed by atoms with Crippen LogP contribution in [0.15, 0.2) is 59.8 Å². The van der Waals surface area contributed by atoms with E-state index < -0.39 is 5.91 Å². The van der Waals surface area contributed by atoms with Crippen molar-refractivity contribution in [2.45, 2.75) is 12.8 Å². The molecule has 0 atom stereocenters. The summed E-state index contributed by atoms with van der Waals surface area (Å²) in [6, 6.07) is 14.0. The van der Waals surface area contributed by atoms with Crippen molar-refractivity contribution in [2.24, 2.45) is 5.73 Å². The largest absolute Gasteiger partial charge is 0.449 e. The number of nitrogens with one attached hydrogen (secondary N) is 1. The number of hydrogen-bond acceptors (Lipinski definition) is 5. The summed E-state index contributed by atoms with van der Waals surface area (Å²) in [6.07, 6.45) is 0.652. The predicted octanol–water partition coefficient (Wildman–Crippen LogP) is 2.08. The number of rotatable bonds is 6. The number of carbonyl (C=O) groups is 3. The molecule has 3 amide bonds. The lowest BCUT2D eigenvalue weighted by molar-refractivity contribution is -0.512. The van der Waals surface area contributed by atoms with Crippen LogP contribution in [0.25, 0.3) is 0 Å². The number of amides is 3. The van der Waals surface area contributed by atoms with Gasteiger partial charge in [-0.05, 0) is 49.2 Å². The highest BCUT2D eigenvalue weighted by atomic mass is 35.5. The first-order chi connectivity index (χ1) is 15.8. The highest BCUT2D eigenvalue weighted by Gasteiger charge is 2.35. The molecule has 0 bridgehead atoms. The Hall–Kier alpha value is -3.69. The van der Waals surface area contributed by atoms with E-state index in [-0.39, 0.29) is 30.0 Å². The minimum Gasteiger partial charge on any atom is -0.449 e. The number of hydrogen-bond donors (Lipinski definition) is 3. The molecule has 170 valence electrons. The molecule has 1 fully saturated rings. The number of anilines is 2. The number of ether oxygens (including phenoxy) is 1. The lowest BCUT2D eigenvalue weighted by Crippen LogP contribution is -2.80. The molecule has 2 aromatic rings. The third-order valence-corrected chi connectivity index (χ3v) is 5.77. The van der Waals surface area contributed by atoms with Crippen LogP contribution in [-0.2, 0) is 14.3 Å². The van der Waals surface area contributed by atoms with Gasteiger partial charge < -0.3 is 15.4 Å². The molecule has 5 N–H and O–H groups in total. The number of halogens is 1. The average molecular weight is 469 g/mol. The maximum Gasteiger partial charge on any atom is 0.414 e. The molecule has 4 rings (SSSR count). The van der Waals surface area contributed by atoms with Crippen molar-refractivity contribution in [3.63, 3.8) is 0 Å². The van der Waals surface area contributed by atoms with Gasteiger partial charge in [-0.1, -0.05) is 17.7 Å². The standard InChI is InChI=1S/C23H22ClN5O4/c24-14-3-1-4-15(13-14)27-20-18(19(25)21(26)30)9-11-28(22(20)31)16-5-7-17(8-6-16)29-10-2-12-33-23(29)32/h1,3-8,13,25,27H,2,9-12H2,(H2,26,30)/p+1. The number of quaternary nitrogens is 1. The van der Waals surface area contributed by atoms with Crippen molar-refractivity contribution in [2.75, 3.05) is 29.5 Å². The molecule has 33 heavy (non-hydrogen) atoms. The van der Waals surface area contributed by atoms with Crippen LogP contribution < -0.4 is 20.9 Å². The van der Waals surface area contributed by atoms with Gasteiger partial charge in [0.15, 0.2) is 0 Å². The first-order valence-corrected chi connectivity index (χ1v) is 10.8. The van der Waals surface area contributed by atoms with Crippen LogP contribution in [0.4, 0.5) is 21.9 Å². The monoisotopic (exact) mass is 468 g/mol. The van der Waals surface area contributed by atoms with Gasteiger partial charge >= 0.3 is 12.0 Å². The molecule has 1 saturated heterocycles. The minimum atomic E-state index is -0.888. The van der Waals surface area contributed by atoms with Gasteiger partial charge in [0.05, 0.1) is 12.2 Å². The Morgan fingerprint density at radius 3 is 2.39 bits per heavy atom. The maximum absolute atomic E-state index is 13.5. The van der Waals surface area contributed by atoms with Gasteiger partial charge in [-0.25, -0.2) is 4.79 Å². The summed E-state index contributed by atoms with van der Waals surface area (Å²) in [6.45, 7) is 1.26. The van der Waals surface area contributed by atoms with Crippen molar-refractivity contribution in [1.29, 1.82) is 5.41 Å². The second-order valence-electron chi connectivity index (χ2n) is 7.67. The molecule has 0 aliphatic carbocycles. The molecule has 2 aliphatic rings. The van der Waals surface area contributed by atoms with Gasteiger partial charge in [-0.2, -0.15) is 0 Å². The predicted molar refractivity (Wildman–Crippen MR) is 124 cm³/mol. The number of nitrogens with two attached hydrogens (primary N) is 2. The molecule has 2 heterocycles. The van der Waals surface area contributed by atoms with Gasteiger partial charge in [-0.3, -0.25) is 25.2 Å². The second kappa shape index (κ2) is 9.43. The number of cyclic esters (lactones) is 1. The summed E-state index contributed by atoms with van der Waals surface area (Å²) in [5.74, 6) is -1.24. The zero-order valence-electron chi connectivity index (χ0n) is 17.7. The third-order valence-electron chi connectivity index (χ3n) is 5.54. The SMILES string of the molecule is N=C(C(N)=O)C1=C([NH2+]c2cccc(Cl)c2)C(=O)N(c2ccc(N3CCCOC3=O)cc2)CC1. The Labute approximate surface area is 195 Å². The third kappa shape index (κ3) is 4.74. The van der Waals surface area contributed by atoms with E-state index in [0.29, 0.717) is 47.2 Å². The topological polar surface area (TPSA) is 133 Å². The molecule has 0 aromatic heterocycles. The van der Waals surface area contributed by atoms with Gasteiger partial charge in [0, 0.05) is 35.6 Å². The maximum atomic E-state index is 13.5. The summed E-state index contributed by atoms with van der Waals surface area (Å²) >= 11 is 6.08. The second-order valence-corrected chi connectivity index (χ2v) is 8.11. The Bertz CT molecular complexity index is 1160. The van der Waals surface area contributed by atoms with Crippen molar-refractivity contribution >= 4 is 52.3 Å². The zero-order valence-corrected chi connectivity index (χ0v) is 18.5. The van der Waals surface area contributed by atoms with E-state index in [1.165, 1.54) is 0 Å². The molecular weight excluding hydrogens is 446 g/mol. The van der Waals surface area contributed by atoms with E-state index in [1.54, 1.807) is 63.6 Å². The molecule has 2 aliphatic heterocycles. The molecule has 0 saturated carbocycles. The van der Waals surface area contributed by atoms with Crippen LogP contribution in [-0.4, -0.2) is 43.3 Å². The van der Waals surface area contributed by atoms with Crippen LogP contribution in [0.3, 0.4) is 0 Å². The molecule has 0 unspecified atom stereocenters. The van der Waals surface area contributed by atoms with E-state index in [2.05, 4.69) is 0 Å². The van der Waals surface area contributed by atoms with Gasteiger partial charge in [0.25, 0.3) is 5.91 Å². The van der Waals surface area contributed by atoms with Gasteiger partial charge in [0.2, 0.25) is 5.70 Å². The molecule has 0 spiro atoms. The van der Waals surface area contributed by atoms with Crippen molar-refractivity contribution < 1.29 is 24.4 Å². The first-order valence-electron chi connectivity index (χ1n) is 10.4. The average Bonchev–Trinajstić information content (AvgIpc) is 2.80. The van der Waals surface area contributed by atoms with Crippen LogP contribution in [0.1, 0.15) is 12.8 Å². The smallest absolute Gasteiger partial charge is 0.414 e. The first kappa shape index (κ1) is 22.5. The van der Waals surface area contributed by atoms with E-state index >= 15 is 0 Å². The van der Waals surface area contributed by atoms with Crippen molar-refractivity contribution in [3.05, 3.63) is 64.8 Å². The lowest BCUT2D eigenvalue weighted by Gasteiger charge is -2.30. The van der Waals surface area contributed by atoms with Crippen LogP contribution >= 0.6 is 11.6 Å². The number of benzene rings is 2. The normalized spacial score (nSPS) is 16.6. The van der Waals surface area contributed by atoms with Gasteiger partial charge in [0.1, 0.15) is 11.4 Å². The molecular formula is C23H23ClN5O4+. The van der Waals surface area contributed by atoms with Crippen molar-refractivity contribution in [1.82, 2.24) is 0 Å². The highest BCUT2D eigenvalue weighted by molar-refractivity contribution is 6.44. The quantitative estimate of drug-likeness (QED) is 0.442. The molecule has 2 aromatic carbocycles. The fourth-order valence-corrected chi connectivity index (χ4v) is 4.10.